The Morgan fingerprint density at radius 1 is 1.24 bits per heavy atom. The van der Waals surface area contributed by atoms with Crippen molar-refractivity contribution in [2.24, 2.45) is 12.8 Å². The Hall–Kier alpha value is -2.58. The van der Waals surface area contributed by atoms with Crippen LogP contribution in [0, 0.1) is 0 Å². The second-order valence-corrected chi connectivity index (χ2v) is 9.01. The number of aryl methyl sites for hydroxylation is 1. The smallest absolute Gasteiger partial charge is 0.251 e. The van der Waals surface area contributed by atoms with E-state index < -0.39 is 5.91 Å². The molecule has 0 atom stereocenters. The SMILES string of the molecule is Cn1c(-c2ccccc2)cnc1SCC(=O)Nc1sc2c(c1C(N)=O)CCCC2. The molecule has 29 heavy (non-hydrogen) atoms. The fraction of sp³-hybridized carbons (Fsp3) is 0.286. The highest BCUT2D eigenvalue weighted by Gasteiger charge is 2.25. The van der Waals surface area contributed by atoms with Crippen molar-refractivity contribution in [1.82, 2.24) is 9.55 Å². The Bertz CT molecular complexity index is 1060. The maximum absolute atomic E-state index is 12.5. The highest BCUT2D eigenvalue weighted by molar-refractivity contribution is 7.99. The van der Waals surface area contributed by atoms with E-state index in [2.05, 4.69) is 10.3 Å². The molecule has 0 bridgehead atoms. The molecule has 6 nitrogen and oxygen atoms in total. The number of carbonyl (C=O) groups is 2. The van der Waals surface area contributed by atoms with Gasteiger partial charge in [-0.25, -0.2) is 4.98 Å². The molecule has 0 fully saturated rings. The summed E-state index contributed by atoms with van der Waals surface area (Å²) in [5, 5.41) is 4.24. The number of amides is 2. The summed E-state index contributed by atoms with van der Waals surface area (Å²) in [6.45, 7) is 0. The largest absolute Gasteiger partial charge is 0.365 e. The summed E-state index contributed by atoms with van der Waals surface area (Å²) in [5.74, 6) is -0.427. The van der Waals surface area contributed by atoms with Gasteiger partial charge in [0.1, 0.15) is 5.00 Å². The molecule has 1 aliphatic carbocycles. The number of anilines is 1. The molecule has 1 aliphatic rings. The van der Waals surface area contributed by atoms with E-state index in [1.54, 1.807) is 0 Å². The number of imidazole rings is 1. The highest BCUT2D eigenvalue weighted by atomic mass is 32.2. The summed E-state index contributed by atoms with van der Waals surface area (Å²) >= 11 is 2.85. The van der Waals surface area contributed by atoms with Gasteiger partial charge in [0.15, 0.2) is 5.16 Å². The van der Waals surface area contributed by atoms with Crippen LogP contribution in [0.1, 0.15) is 33.6 Å². The van der Waals surface area contributed by atoms with Crippen LogP contribution in [0.4, 0.5) is 5.00 Å². The van der Waals surface area contributed by atoms with Crippen molar-refractivity contribution >= 4 is 39.9 Å². The van der Waals surface area contributed by atoms with Crippen LogP contribution in [0.2, 0.25) is 0 Å². The second kappa shape index (κ2) is 8.42. The summed E-state index contributed by atoms with van der Waals surface area (Å²) < 4.78 is 1.98. The monoisotopic (exact) mass is 426 g/mol. The number of primary amides is 1. The lowest BCUT2D eigenvalue weighted by Gasteiger charge is -2.11. The third-order valence-corrected chi connectivity index (χ3v) is 7.27. The first-order valence-electron chi connectivity index (χ1n) is 9.48. The minimum Gasteiger partial charge on any atom is -0.365 e. The quantitative estimate of drug-likeness (QED) is 0.586. The summed E-state index contributed by atoms with van der Waals surface area (Å²) in [6, 6.07) is 10.0. The molecule has 3 N–H and O–H groups in total. The Labute approximate surface area is 177 Å². The third kappa shape index (κ3) is 4.09. The minimum absolute atomic E-state index is 0.166. The van der Waals surface area contributed by atoms with E-state index >= 15 is 0 Å². The zero-order valence-electron chi connectivity index (χ0n) is 16.1. The number of hydrogen-bond acceptors (Lipinski definition) is 5. The number of thioether (sulfide) groups is 1. The molecular weight excluding hydrogens is 404 g/mol. The zero-order chi connectivity index (χ0) is 20.4. The molecule has 0 saturated heterocycles. The lowest BCUT2D eigenvalue weighted by molar-refractivity contribution is -0.113. The van der Waals surface area contributed by atoms with Crippen LogP contribution in [-0.2, 0) is 24.7 Å². The van der Waals surface area contributed by atoms with Crippen LogP contribution in [0.25, 0.3) is 11.3 Å². The molecule has 1 aromatic carbocycles. The summed E-state index contributed by atoms with van der Waals surface area (Å²) in [5.41, 5.74) is 9.19. The average molecular weight is 427 g/mol. The Kier molecular flexibility index (Phi) is 5.73. The summed E-state index contributed by atoms with van der Waals surface area (Å²) in [4.78, 5) is 30.1. The number of aromatic nitrogens is 2. The van der Waals surface area contributed by atoms with E-state index in [0.717, 1.165) is 47.7 Å². The topological polar surface area (TPSA) is 90.0 Å². The van der Waals surface area contributed by atoms with Crippen LogP contribution >= 0.6 is 23.1 Å². The number of nitrogens with two attached hydrogens (primary N) is 1. The van der Waals surface area contributed by atoms with Crippen LogP contribution < -0.4 is 11.1 Å². The molecular formula is C21H22N4O2S2. The molecule has 0 spiro atoms. The van der Waals surface area contributed by atoms with Gasteiger partial charge in [-0.15, -0.1) is 11.3 Å². The van der Waals surface area contributed by atoms with Crippen molar-refractivity contribution < 1.29 is 9.59 Å². The first kappa shape index (κ1) is 19.7. The fourth-order valence-corrected chi connectivity index (χ4v) is 5.67. The van der Waals surface area contributed by atoms with Crippen molar-refractivity contribution in [1.29, 1.82) is 0 Å². The van der Waals surface area contributed by atoms with Crippen LogP contribution in [0.5, 0.6) is 0 Å². The van der Waals surface area contributed by atoms with E-state index in [-0.39, 0.29) is 11.7 Å². The lowest BCUT2D eigenvalue weighted by atomic mass is 9.95. The van der Waals surface area contributed by atoms with Gasteiger partial charge in [0.25, 0.3) is 5.91 Å². The fourth-order valence-electron chi connectivity index (χ4n) is 3.61. The van der Waals surface area contributed by atoms with Crippen LogP contribution in [-0.4, -0.2) is 27.1 Å². The predicted octanol–water partition coefficient (Wildman–Crippen LogP) is 3.86. The maximum atomic E-state index is 12.5. The number of fused-ring (bicyclic) bond motifs is 1. The number of thiophene rings is 1. The van der Waals surface area contributed by atoms with Gasteiger partial charge in [0.05, 0.1) is 23.2 Å². The van der Waals surface area contributed by atoms with Gasteiger partial charge in [-0.3, -0.25) is 9.59 Å². The zero-order valence-corrected chi connectivity index (χ0v) is 17.7. The molecule has 0 aliphatic heterocycles. The van der Waals surface area contributed by atoms with Gasteiger partial charge in [-0.05, 0) is 36.8 Å². The third-order valence-electron chi connectivity index (χ3n) is 5.02. The van der Waals surface area contributed by atoms with Gasteiger partial charge in [0, 0.05) is 11.9 Å². The second-order valence-electron chi connectivity index (χ2n) is 6.97. The first-order chi connectivity index (χ1) is 14.0. The van der Waals surface area contributed by atoms with Crippen molar-refractivity contribution in [3.05, 3.63) is 52.5 Å². The van der Waals surface area contributed by atoms with Crippen molar-refractivity contribution in [3.8, 4) is 11.3 Å². The molecule has 150 valence electrons. The molecule has 2 amide bonds. The first-order valence-corrected chi connectivity index (χ1v) is 11.3. The molecule has 3 aromatic rings. The number of nitrogens with one attached hydrogen (secondary N) is 1. The van der Waals surface area contributed by atoms with E-state index in [0.29, 0.717) is 10.6 Å². The molecule has 8 heteroatoms. The molecule has 0 saturated carbocycles. The Morgan fingerprint density at radius 2 is 2.00 bits per heavy atom. The van der Waals surface area contributed by atoms with Gasteiger partial charge in [-0.1, -0.05) is 42.1 Å². The molecule has 2 aromatic heterocycles. The summed E-state index contributed by atoms with van der Waals surface area (Å²) in [6.07, 6.45) is 5.77. The minimum atomic E-state index is -0.469. The highest BCUT2D eigenvalue weighted by Crippen LogP contribution is 2.38. The van der Waals surface area contributed by atoms with E-state index in [4.69, 9.17) is 5.73 Å². The molecule has 0 unspecified atom stereocenters. The van der Waals surface area contributed by atoms with Gasteiger partial charge >= 0.3 is 0 Å². The normalized spacial score (nSPS) is 13.1. The van der Waals surface area contributed by atoms with E-state index in [9.17, 15) is 9.59 Å². The van der Waals surface area contributed by atoms with E-state index in [1.807, 2.05) is 48.1 Å². The Balaban J connectivity index is 1.45. The van der Waals surface area contributed by atoms with Crippen molar-refractivity contribution in [2.75, 3.05) is 11.1 Å². The molecule has 0 radical (unpaired) electrons. The summed E-state index contributed by atoms with van der Waals surface area (Å²) in [7, 11) is 1.94. The van der Waals surface area contributed by atoms with Gasteiger partial charge in [0.2, 0.25) is 5.91 Å². The maximum Gasteiger partial charge on any atom is 0.251 e. The van der Waals surface area contributed by atoms with Gasteiger partial charge < -0.3 is 15.6 Å². The number of benzene rings is 1. The number of hydrogen-bond donors (Lipinski definition) is 2. The Morgan fingerprint density at radius 3 is 2.76 bits per heavy atom. The van der Waals surface area contributed by atoms with Gasteiger partial charge in [-0.2, -0.15) is 0 Å². The van der Waals surface area contributed by atoms with E-state index in [1.165, 1.54) is 28.0 Å². The number of rotatable bonds is 6. The predicted molar refractivity (Wildman–Crippen MR) is 117 cm³/mol. The van der Waals surface area contributed by atoms with Crippen molar-refractivity contribution in [3.63, 3.8) is 0 Å². The van der Waals surface area contributed by atoms with Crippen LogP contribution in [0.3, 0.4) is 0 Å². The number of carbonyl (C=O) groups excluding carboxylic acids is 2. The van der Waals surface area contributed by atoms with Crippen LogP contribution in [0.15, 0.2) is 41.7 Å². The number of nitrogens with zero attached hydrogens (tertiary/aromatic N) is 2. The van der Waals surface area contributed by atoms with Crippen molar-refractivity contribution in [2.45, 2.75) is 30.8 Å². The average Bonchev–Trinajstić information content (AvgIpc) is 3.27. The standard InChI is InChI=1S/C21H22N4O2S2/c1-25-15(13-7-3-2-4-8-13)11-23-21(25)28-12-17(26)24-20-18(19(22)27)14-9-5-6-10-16(14)29-20/h2-4,7-8,11H,5-6,9-10,12H2,1H3,(H2,22,27)(H,24,26). The molecule has 4 rings (SSSR count). The lowest BCUT2D eigenvalue weighted by Crippen LogP contribution is -2.19. The molecule has 2 heterocycles.